The second-order valence-corrected chi connectivity index (χ2v) is 6.97. The highest BCUT2D eigenvalue weighted by Crippen LogP contribution is 2.28. The van der Waals surface area contributed by atoms with Crippen LogP contribution in [0, 0.1) is 12.8 Å². The fourth-order valence-electron chi connectivity index (χ4n) is 2.70. The fraction of sp³-hybridized carbons (Fsp3) is 0.650. The first-order chi connectivity index (χ1) is 12.5. The number of hydrogen-bond acceptors (Lipinski definition) is 4. The molecule has 2 atom stereocenters. The third-order valence-corrected chi connectivity index (χ3v) is 4.37. The maximum atomic E-state index is 10.1. The van der Waals surface area contributed by atoms with Gasteiger partial charge in [0.2, 0.25) is 0 Å². The molecule has 0 spiro atoms. The summed E-state index contributed by atoms with van der Waals surface area (Å²) in [6.45, 7) is 8.29. The first-order valence-electron chi connectivity index (χ1n) is 9.48. The summed E-state index contributed by atoms with van der Waals surface area (Å²) in [5, 5.41) is 16.7. The van der Waals surface area contributed by atoms with Crippen LogP contribution in [0.5, 0.6) is 5.75 Å². The molecule has 3 N–H and O–H groups in total. The van der Waals surface area contributed by atoms with Gasteiger partial charge >= 0.3 is 0 Å². The standard InChI is InChI=1S/C20H33N3O3/c1-5-21-20(22-11-17(24)13-26-12-16-7-8-16)23-15(3)18-10-14(2)6-9-19(18)25-4/h6,9-10,15-17,24H,5,7-8,11-13H2,1-4H3,(H2,21,22,23). The molecule has 6 nitrogen and oxygen atoms in total. The van der Waals surface area contributed by atoms with E-state index in [1.807, 2.05) is 19.1 Å². The van der Waals surface area contributed by atoms with Crippen LogP contribution < -0.4 is 15.4 Å². The second-order valence-electron chi connectivity index (χ2n) is 6.97. The normalized spacial score (nSPS) is 16.9. The number of aliphatic hydroxyl groups excluding tert-OH is 1. The Morgan fingerprint density at radius 1 is 1.38 bits per heavy atom. The topological polar surface area (TPSA) is 75.1 Å². The van der Waals surface area contributed by atoms with Crippen LogP contribution in [0.25, 0.3) is 0 Å². The van der Waals surface area contributed by atoms with Crippen molar-refractivity contribution in [2.24, 2.45) is 10.9 Å². The van der Waals surface area contributed by atoms with E-state index in [2.05, 4.69) is 35.5 Å². The van der Waals surface area contributed by atoms with Crippen molar-refractivity contribution < 1.29 is 14.6 Å². The maximum Gasteiger partial charge on any atom is 0.191 e. The molecule has 0 saturated heterocycles. The molecule has 1 aromatic carbocycles. The van der Waals surface area contributed by atoms with Crippen molar-refractivity contribution in [1.82, 2.24) is 10.6 Å². The molecule has 1 aliphatic rings. The van der Waals surface area contributed by atoms with Gasteiger partial charge in [0.05, 0.1) is 32.4 Å². The van der Waals surface area contributed by atoms with E-state index in [9.17, 15) is 5.11 Å². The SMILES string of the molecule is CCNC(=NCC(O)COCC1CC1)NC(C)c1cc(C)ccc1OC. The highest BCUT2D eigenvalue weighted by Gasteiger charge is 2.21. The molecule has 146 valence electrons. The number of nitrogens with one attached hydrogen (secondary N) is 2. The minimum atomic E-state index is -0.590. The van der Waals surface area contributed by atoms with E-state index >= 15 is 0 Å². The van der Waals surface area contributed by atoms with E-state index in [1.54, 1.807) is 7.11 Å². The van der Waals surface area contributed by atoms with Gasteiger partial charge < -0.3 is 25.2 Å². The van der Waals surface area contributed by atoms with Gasteiger partial charge in [0, 0.05) is 18.7 Å². The van der Waals surface area contributed by atoms with Crippen molar-refractivity contribution in [1.29, 1.82) is 0 Å². The molecule has 0 aromatic heterocycles. The molecular formula is C20H33N3O3. The Balaban J connectivity index is 1.91. The van der Waals surface area contributed by atoms with Crippen LogP contribution in [0.15, 0.2) is 23.2 Å². The van der Waals surface area contributed by atoms with E-state index in [0.717, 1.165) is 24.5 Å². The summed E-state index contributed by atoms with van der Waals surface area (Å²) in [4.78, 5) is 4.49. The second kappa shape index (κ2) is 10.4. The van der Waals surface area contributed by atoms with Crippen molar-refractivity contribution in [3.63, 3.8) is 0 Å². The molecule has 2 rings (SSSR count). The Hall–Kier alpha value is -1.79. The van der Waals surface area contributed by atoms with Crippen LogP contribution in [0.1, 0.15) is 43.9 Å². The van der Waals surface area contributed by atoms with Gasteiger partial charge in [0.15, 0.2) is 5.96 Å². The van der Waals surface area contributed by atoms with Crippen LogP contribution in [0.4, 0.5) is 0 Å². The van der Waals surface area contributed by atoms with Crippen LogP contribution in [0.3, 0.4) is 0 Å². The number of guanidine groups is 1. The Morgan fingerprint density at radius 3 is 2.81 bits per heavy atom. The average Bonchev–Trinajstić information content (AvgIpc) is 3.44. The zero-order valence-corrected chi connectivity index (χ0v) is 16.4. The lowest BCUT2D eigenvalue weighted by Gasteiger charge is -2.21. The largest absolute Gasteiger partial charge is 0.496 e. The molecule has 6 heteroatoms. The number of rotatable bonds is 10. The van der Waals surface area contributed by atoms with Gasteiger partial charge in [0.25, 0.3) is 0 Å². The van der Waals surface area contributed by atoms with E-state index in [0.29, 0.717) is 25.0 Å². The summed E-state index contributed by atoms with van der Waals surface area (Å²) < 4.78 is 11.0. The zero-order chi connectivity index (χ0) is 18.9. The molecule has 0 aliphatic heterocycles. The molecular weight excluding hydrogens is 330 g/mol. The predicted octanol–water partition coefficient (Wildman–Crippen LogP) is 2.41. The van der Waals surface area contributed by atoms with Crippen LogP contribution in [0.2, 0.25) is 0 Å². The lowest BCUT2D eigenvalue weighted by Crippen LogP contribution is -2.39. The summed E-state index contributed by atoms with van der Waals surface area (Å²) in [6.07, 6.45) is 1.92. The number of benzene rings is 1. The Morgan fingerprint density at radius 2 is 2.15 bits per heavy atom. The molecule has 1 aromatic rings. The summed E-state index contributed by atoms with van der Waals surface area (Å²) in [5.41, 5.74) is 2.26. The molecule has 1 fully saturated rings. The summed E-state index contributed by atoms with van der Waals surface area (Å²) in [5.74, 6) is 2.22. The minimum Gasteiger partial charge on any atom is -0.496 e. The monoisotopic (exact) mass is 363 g/mol. The fourth-order valence-corrected chi connectivity index (χ4v) is 2.70. The number of aliphatic imine (C=N–C) groups is 1. The molecule has 1 aliphatic carbocycles. The summed E-state index contributed by atoms with van der Waals surface area (Å²) in [7, 11) is 1.68. The Bertz CT molecular complexity index is 588. The van der Waals surface area contributed by atoms with E-state index in [-0.39, 0.29) is 6.04 Å². The van der Waals surface area contributed by atoms with Crippen molar-refractivity contribution in [3.8, 4) is 5.75 Å². The molecule has 1 saturated carbocycles. The first-order valence-corrected chi connectivity index (χ1v) is 9.48. The van der Waals surface area contributed by atoms with Gasteiger partial charge in [-0.05, 0) is 45.6 Å². The molecule has 26 heavy (non-hydrogen) atoms. The Labute approximate surface area is 157 Å². The molecule has 2 unspecified atom stereocenters. The highest BCUT2D eigenvalue weighted by atomic mass is 16.5. The van der Waals surface area contributed by atoms with Gasteiger partial charge in [0.1, 0.15) is 5.75 Å². The zero-order valence-electron chi connectivity index (χ0n) is 16.4. The first kappa shape index (κ1) is 20.5. The van der Waals surface area contributed by atoms with Gasteiger partial charge in [-0.2, -0.15) is 0 Å². The molecule has 0 heterocycles. The third kappa shape index (κ3) is 6.84. The predicted molar refractivity (Wildman–Crippen MR) is 105 cm³/mol. The number of nitrogens with zero attached hydrogens (tertiary/aromatic N) is 1. The van der Waals surface area contributed by atoms with E-state index in [4.69, 9.17) is 9.47 Å². The van der Waals surface area contributed by atoms with Gasteiger partial charge in [-0.1, -0.05) is 17.7 Å². The number of methoxy groups -OCH3 is 1. The van der Waals surface area contributed by atoms with Gasteiger partial charge in [-0.15, -0.1) is 0 Å². The molecule has 0 bridgehead atoms. The van der Waals surface area contributed by atoms with Crippen LogP contribution in [-0.4, -0.2) is 50.6 Å². The Kier molecular flexibility index (Phi) is 8.19. The number of hydrogen-bond donors (Lipinski definition) is 3. The van der Waals surface area contributed by atoms with E-state index < -0.39 is 6.10 Å². The van der Waals surface area contributed by atoms with Crippen molar-refractivity contribution in [2.45, 2.75) is 45.8 Å². The lowest BCUT2D eigenvalue weighted by atomic mass is 10.0. The van der Waals surface area contributed by atoms with Gasteiger partial charge in [-0.3, -0.25) is 4.99 Å². The van der Waals surface area contributed by atoms with Crippen molar-refractivity contribution in [3.05, 3.63) is 29.3 Å². The number of aryl methyl sites for hydroxylation is 1. The number of aliphatic hydroxyl groups is 1. The van der Waals surface area contributed by atoms with Crippen LogP contribution in [-0.2, 0) is 4.74 Å². The smallest absolute Gasteiger partial charge is 0.191 e. The van der Waals surface area contributed by atoms with E-state index in [1.165, 1.54) is 18.4 Å². The maximum absolute atomic E-state index is 10.1. The van der Waals surface area contributed by atoms with Gasteiger partial charge in [-0.25, -0.2) is 0 Å². The minimum absolute atomic E-state index is 0.0194. The lowest BCUT2D eigenvalue weighted by molar-refractivity contribution is 0.0368. The molecule has 0 amide bonds. The highest BCUT2D eigenvalue weighted by molar-refractivity contribution is 5.80. The summed E-state index contributed by atoms with van der Waals surface area (Å²) >= 11 is 0. The quantitative estimate of drug-likeness (QED) is 0.440. The van der Waals surface area contributed by atoms with Crippen molar-refractivity contribution >= 4 is 5.96 Å². The van der Waals surface area contributed by atoms with Crippen LogP contribution >= 0.6 is 0 Å². The van der Waals surface area contributed by atoms with Crippen molar-refractivity contribution in [2.75, 3.05) is 33.4 Å². The third-order valence-electron chi connectivity index (χ3n) is 4.37. The summed E-state index contributed by atoms with van der Waals surface area (Å²) in [6, 6.07) is 6.15. The molecule has 0 radical (unpaired) electrons. The number of ether oxygens (including phenoxy) is 2. The average molecular weight is 364 g/mol.